The molecule has 0 bridgehead atoms. The fourth-order valence-corrected chi connectivity index (χ4v) is 4.33. The van der Waals surface area contributed by atoms with Crippen LogP contribution in [0.1, 0.15) is 47.5 Å². The first kappa shape index (κ1) is 15.7. The van der Waals surface area contributed by atoms with Crippen LogP contribution < -0.4 is 0 Å². The van der Waals surface area contributed by atoms with E-state index in [1.54, 1.807) is 0 Å². The molecule has 1 atom stereocenters. The van der Waals surface area contributed by atoms with Gasteiger partial charge >= 0.3 is 0 Å². The first-order valence-corrected chi connectivity index (χ1v) is 8.28. The van der Waals surface area contributed by atoms with E-state index in [0.29, 0.717) is 0 Å². The third-order valence-corrected chi connectivity index (χ3v) is 5.05. The van der Waals surface area contributed by atoms with Gasteiger partial charge in [0.15, 0.2) is 0 Å². The lowest BCUT2D eigenvalue weighted by molar-refractivity contribution is 0.0495. The average Bonchev–Trinajstić information content (AvgIpc) is 2.84. The Balaban J connectivity index is 2.39. The van der Waals surface area contributed by atoms with E-state index in [9.17, 15) is 0 Å². The summed E-state index contributed by atoms with van der Waals surface area (Å²) in [6.07, 6.45) is 13.3. The van der Waals surface area contributed by atoms with Gasteiger partial charge in [0.1, 0.15) is 4.93 Å². The molecule has 2 heteroatoms. The molecule has 0 heterocycles. The molecule has 0 spiro atoms. The van der Waals surface area contributed by atoms with Crippen molar-refractivity contribution in [2.75, 3.05) is 6.61 Å². The number of thioether (sulfide) groups is 1. The first-order valence-electron chi connectivity index (χ1n) is 7.46. The number of hydrogen-bond donors (Lipinski definition) is 0. The second-order valence-electron chi connectivity index (χ2n) is 6.49. The lowest BCUT2D eigenvalue weighted by Crippen LogP contribution is -2.38. The van der Waals surface area contributed by atoms with Gasteiger partial charge in [0.2, 0.25) is 0 Å². The van der Waals surface area contributed by atoms with Crippen LogP contribution in [0.2, 0.25) is 0 Å². The largest absolute Gasteiger partial charge is 0.360 e. The summed E-state index contributed by atoms with van der Waals surface area (Å²) in [4.78, 5) is 1.09. The summed E-state index contributed by atoms with van der Waals surface area (Å²) in [5.41, 5.74) is 2.86. The Morgan fingerprint density at radius 3 is 2.60 bits per heavy atom. The van der Waals surface area contributed by atoms with Crippen molar-refractivity contribution < 1.29 is 4.74 Å². The average molecular weight is 290 g/mol. The van der Waals surface area contributed by atoms with E-state index in [1.165, 1.54) is 16.1 Å². The Hall–Kier alpha value is -0.730. The molecule has 0 amide bonds. The molecule has 1 nitrogen and oxygen atoms in total. The van der Waals surface area contributed by atoms with Crippen LogP contribution in [0, 0.1) is 5.41 Å². The van der Waals surface area contributed by atoms with Gasteiger partial charge in [-0.15, -0.1) is 0 Å². The monoisotopic (exact) mass is 290 g/mol. The molecule has 2 aliphatic carbocycles. The summed E-state index contributed by atoms with van der Waals surface area (Å²) in [7, 11) is 0. The normalized spacial score (nSPS) is 26.4. The van der Waals surface area contributed by atoms with E-state index < -0.39 is 0 Å². The van der Waals surface area contributed by atoms with Gasteiger partial charge in [-0.1, -0.05) is 68.5 Å². The zero-order valence-electron chi connectivity index (χ0n) is 13.3. The van der Waals surface area contributed by atoms with Crippen LogP contribution >= 0.6 is 11.8 Å². The standard InChI is InChI=1S/C18H26OS/c1-6-19-18(20-15-9-7-8-10-15)12-11-14(2)13-16(18)17(3,4)5/h7,9-11,13H,6,8,12H2,1-5H3. The molecule has 0 N–H and O–H groups in total. The summed E-state index contributed by atoms with van der Waals surface area (Å²) in [6, 6.07) is 0. The lowest BCUT2D eigenvalue weighted by Gasteiger charge is -2.42. The maximum atomic E-state index is 6.30. The molecule has 2 aliphatic rings. The Morgan fingerprint density at radius 2 is 2.05 bits per heavy atom. The highest BCUT2D eigenvalue weighted by molar-refractivity contribution is 8.04. The van der Waals surface area contributed by atoms with Crippen molar-refractivity contribution in [2.45, 2.75) is 52.4 Å². The number of ether oxygens (including phenoxy) is 1. The fourth-order valence-electron chi connectivity index (χ4n) is 2.79. The van der Waals surface area contributed by atoms with Gasteiger partial charge in [0, 0.05) is 17.9 Å². The van der Waals surface area contributed by atoms with Gasteiger partial charge in [0.25, 0.3) is 0 Å². The minimum absolute atomic E-state index is 0.112. The minimum atomic E-state index is -0.243. The predicted molar refractivity (Wildman–Crippen MR) is 89.7 cm³/mol. The number of allylic oxidation sites excluding steroid dienone is 5. The predicted octanol–water partition coefficient (Wildman–Crippen LogP) is 5.62. The SMILES string of the molecule is CCOC1(SC2=CCC=C2)CC=C(C)C=C1C(C)(C)C. The van der Waals surface area contributed by atoms with Crippen LogP contribution in [0.25, 0.3) is 0 Å². The van der Waals surface area contributed by atoms with Crippen LogP contribution in [0.3, 0.4) is 0 Å². The van der Waals surface area contributed by atoms with Crippen LogP contribution in [0.4, 0.5) is 0 Å². The highest BCUT2D eigenvalue weighted by Gasteiger charge is 2.42. The molecule has 0 radical (unpaired) electrons. The maximum Gasteiger partial charge on any atom is 0.143 e. The van der Waals surface area contributed by atoms with Gasteiger partial charge in [-0.25, -0.2) is 0 Å². The molecule has 0 saturated carbocycles. The highest BCUT2D eigenvalue weighted by Crippen LogP contribution is 2.51. The van der Waals surface area contributed by atoms with Crippen molar-refractivity contribution in [3.8, 4) is 0 Å². The van der Waals surface area contributed by atoms with Gasteiger partial charge in [-0.05, 0) is 31.3 Å². The van der Waals surface area contributed by atoms with E-state index in [2.05, 4.69) is 65.0 Å². The Kier molecular flexibility index (Phi) is 4.66. The lowest BCUT2D eigenvalue weighted by atomic mass is 9.78. The van der Waals surface area contributed by atoms with Crippen molar-refractivity contribution in [2.24, 2.45) is 5.41 Å². The van der Waals surface area contributed by atoms with Crippen LogP contribution in [0.15, 0.2) is 46.4 Å². The molecular formula is C18H26OS. The molecule has 0 saturated heterocycles. The Labute approximate surface area is 127 Å². The van der Waals surface area contributed by atoms with Crippen molar-refractivity contribution in [1.82, 2.24) is 0 Å². The van der Waals surface area contributed by atoms with Gasteiger partial charge in [-0.2, -0.15) is 0 Å². The summed E-state index contributed by atoms with van der Waals surface area (Å²) >= 11 is 1.88. The van der Waals surface area contributed by atoms with E-state index >= 15 is 0 Å². The molecule has 0 aliphatic heterocycles. The highest BCUT2D eigenvalue weighted by atomic mass is 32.2. The summed E-state index contributed by atoms with van der Waals surface area (Å²) in [5.74, 6) is 0. The first-order chi connectivity index (χ1) is 9.37. The van der Waals surface area contributed by atoms with Crippen molar-refractivity contribution >= 4 is 11.8 Å². The number of hydrogen-bond acceptors (Lipinski definition) is 2. The summed E-state index contributed by atoms with van der Waals surface area (Å²) in [6.45, 7) is 11.9. The Morgan fingerprint density at radius 1 is 1.30 bits per heavy atom. The van der Waals surface area contributed by atoms with Gasteiger partial charge in [0.05, 0.1) is 0 Å². The van der Waals surface area contributed by atoms with Gasteiger partial charge < -0.3 is 4.74 Å². The van der Waals surface area contributed by atoms with Crippen molar-refractivity contribution in [3.05, 3.63) is 46.4 Å². The maximum absolute atomic E-state index is 6.30. The number of rotatable bonds is 4. The minimum Gasteiger partial charge on any atom is -0.360 e. The molecule has 110 valence electrons. The molecule has 0 fully saturated rings. The molecule has 0 aromatic rings. The molecule has 2 rings (SSSR count). The van der Waals surface area contributed by atoms with Crippen molar-refractivity contribution in [3.63, 3.8) is 0 Å². The molecule has 1 unspecified atom stereocenters. The van der Waals surface area contributed by atoms with Crippen LogP contribution in [0.5, 0.6) is 0 Å². The van der Waals surface area contributed by atoms with E-state index in [0.717, 1.165) is 19.4 Å². The third-order valence-electron chi connectivity index (χ3n) is 3.68. The van der Waals surface area contributed by atoms with E-state index in [-0.39, 0.29) is 10.3 Å². The molecular weight excluding hydrogens is 264 g/mol. The second-order valence-corrected chi connectivity index (χ2v) is 7.83. The molecule has 20 heavy (non-hydrogen) atoms. The second kappa shape index (κ2) is 5.95. The zero-order valence-corrected chi connectivity index (χ0v) is 14.1. The van der Waals surface area contributed by atoms with Crippen LogP contribution in [-0.2, 0) is 4.74 Å². The third kappa shape index (κ3) is 3.29. The van der Waals surface area contributed by atoms with Gasteiger partial charge in [-0.3, -0.25) is 0 Å². The van der Waals surface area contributed by atoms with E-state index in [4.69, 9.17) is 4.74 Å². The smallest absolute Gasteiger partial charge is 0.143 e. The molecule has 0 aromatic carbocycles. The quantitative estimate of drug-likeness (QED) is 0.622. The van der Waals surface area contributed by atoms with Crippen molar-refractivity contribution in [1.29, 1.82) is 0 Å². The van der Waals surface area contributed by atoms with Crippen LogP contribution in [-0.4, -0.2) is 11.5 Å². The molecule has 0 aromatic heterocycles. The summed E-state index contributed by atoms with van der Waals surface area (Å²) < 4.78 is 6.30. The topological polar surface area (TPSA) is 9.23 Å². The zero-order chi connectivity index (χ0) is 14.8. The summed E-state index contributed by atoms with van der Waals surface area (Å²) in [5, 5.41) is 0. The fraction of sp³-hybridized carbons (Fsp3) is 0.556. The van der Waals surface area contributed by atoms with E-state index in [1.807, 2.05) is 11.8 Å². The Bertz CT molecular complexity index is 488.